The zero-order valence-electron chi connectivity index (χ0n) is 36.0. The molecule has 5 rings (SSSR count). The third-order valence-electron chi connectivity index (χ3n) is 10.1. The summed E-state index contributed by atoms with van der Waals surface area (Å²) in [5.74, 6) is -3.10. The van der Waals surface area contributed by atoms with Crippen molar-refractivity contribution in [1.82, 2.24) is 20.6 Å². The molecule has 0 radical (unpaired) electrons. The predicted octanol–water partition coefficient (Wildman–Crippen LogP) is 0.459. The van der Waals surface area contributed by atoms with Crippen molar-refractivity contribution in [3.05, 3.63) is 102 Å². The molecule has 4 aromatic rings. The number of nitrogens with zero attached hydrogens (tertiary/aromatic N) is 4. The largest absolute Gasteiger partial charge is 1.00 e. The van der Waals surface area contributed by atoms with Crippen molar-refractivity contribution >= 4 is 74.7 Å². The molecule has 0 saturated carbocycles. The number of aryl methyl sites for hydroxylation is 1. The number of pyridine rings is 2. The number of primary amides is 1. The number of rotatable bonds is 20. The van der Waals surface area contributed by atoms with Gasteiger partial charge in [-0.05, 0) is 92.9 Å². The number of sulfonamides is 1. The Balaban J connectivity index is 0.00000544. The lowest BCUT2D eigenvalue weighted by Crippen LogP contribution is -3.00. The predicted molar refractivity (Wildman–Crippen MR) is 241 cm³/mol. The van der Waals surface area contributed by atoms with Gasteiger partial charge < -0.3 is 38.4 Å². The Morgan fingerprint density at radius 1 is 0.906 bits per heavy atom. The Morgan fingerprint density at radius 2 is 1.62 bits per heavy atom. The number of hydrazine groups is 1. The highest BCUT2D eigenvalue weighted by Crippen LogP contribution is 2.29. The van der Waals surface area contributed by atoms with E-state index < -0.39 is 33.7 Å². The van der Waals surface area contributed by atoms with E-state index in [9.17, 15) is 32.4 Å². The van der Waals surface area contributed by atoms with E-state index in [4.69, 9.17) is 10.5 Å². The minimum atomic E-state index is -4.14. The second-order valence-electron chi connectivity index (χ2n) is 14.8. The van der Waals surface area contributed by atoms with Gasteiger partial charge in [-0.1, -0.05) is 32.3 Å². The van der Waals surface area contributed by atoms with Gasteiger partial charge in [0.05, 0.1) is 35.7 Å². The van der Waals surface area contributed by atoms with E-state index >= 15 is 0 Å². The molecule has 1 aliphatic heterocycles. The third-order valence-corrected chi connectivity index (χ3v) is 11.6. The van der Waals surface area contributed by atoms with E-state index in [0.717, 1.165) is 45.3 Å². The lowest BCUT2D eigenvalue weighted by molar-refractivity contribution is -0.684. The molecule has 346 valence electrons. The SMILES string of the molecule is CCCCCCN(C(=O)c1ccc[n+](CC(=O)Nc2c(C)ccc(S(=O)(=O)Nc3ccc(NNC(=O)C(=O)NCCCN4CCOCC4)cc3)c2C)c1)c1ccc(C(N)=O)nc1.Cl.[Cl-]. The van der Waals surface area contributed by atoms with E-state index in [1.54, 1.807) is 60.0 Å². The van der Waals surface area contributed by atoms with E-state index in [2.05, 4.69) is 43.0 Å². The molecule has 0 bridgehead atoms. The first-order valence-electron chi connectivity index (χ1n) is 20.5. The second-order valence-corrected chi connectivity index (χ2v) is 16.5. The summed E-state index contributed by atoms with van der Waals surface area (Å²) in [6.07, 6.45) is 9.06. The number of unbranched alkanes of at least 4 members (excludes halogenated alkanes) is 3. The first kappa shape index (κ1) is 52.5. The number of carbonyl (C=O) groups excluding carboxylic acids is 5. The average Bonchev–Trinajstić information content (AvgIpc) is 3.26. The molecule has 7 N–H and O–H groups in total. The summed E-state index contributed by atoms with van der Waals surface area (Å²) in [6, 6.07) is 15.5. The van der Waals surface area contributed by atoms with Crippen molar-refractivity contribution in [1.29, 1.82) is 0 Å². The normalized spacial score (nSPS) is 12.4. The van der Waals surface area contributed by atoms with Crippen LogP contribution in [0.2, 0.25) is 0 Å². The number of aromatic nitrogens is 2. The van der Waals surface area contributed by atoms with Crippen LogP contribution in [0.5, 0.6) is 0 Å². The molecule has 21 heteroatoms. The van der Waals surface area contributed by atoms with E-state index in [1.807, 2.05) is 0 Å². The average molecular weight is 944 g/mol. The molecule has 1 fully saturated rings. The number of amides is 5. The van der Waals surface area contributed by atoms with Crippen molar-refractivity contribution in [3.8, 4) is 0 Å². The van der Waals surface area contributed by atoms with Crippen LogP contribution in [-0.2, 0) is 35.7 Å². The van der Waals surface area contributed by atoms with Crippen molar-refractivity contribution in [2.24, 2.45) is 5.73 Å². The number of carbonyl (C=O) groups is 5. The summed E-state index contributed by atoms with van der Waals surface area (Å²) in [4.78, 5) is 71.3. The van der Waals surface area contributed by atoms with Crippen molar-refractivity contribution in [2.45, 2.75) is 64.3 Å². The number of nitrogens with one attached hydrogen (secondary N) is 5. The summed E-state index contributed by atoms with van der Waals surface area (Å²) in [6.45, 7) is 9.88. The zero-order chi connectivity index (χ0) is 44.6. The maximum atomic E-state index is 13.9. The third kappa shape index (κ3) is 15.2. The van der Waals surface area contributed by atoms with Crippen LogP contribution in [0.3, 0.4) is 0 Å². The highest BCUT2D eigenvalue weighted by Gasteiger charge is 2.24. The number of benzene rings is 2. The molecular formula is C43H56Cl2N10O8S. The van der Waals surface area contributed by atoms with Crippen LogP contribution in [-0.4, -0.2) is 93.8 Å². The fourth-order valence-corrected chi connectivity index (χ4v) is 8.03. The van der Waals surface area contributed by atoms with Gasteiger partial charge in [-0.3, -0.25) is 44.4 Å². The van der Waals surface area contributed by atoms with E-state index in [-0.39, 0.29) is 53.5 Å². The standard InChI is InChI=1S/C43H54N10O8S.2ClH/c1-4-5-6-7-22-53(35-16-17-36(40(44)55)46-27-35)43(58)32-10-8-20-52(28-32)29-38(54)47-39-30(2)11-18-37(31(39)3)62(59,60)50-34-14-12-33(13-15-34)48-49-42(57)41(56)45-19-9-21-51-23-25-61-26-24-51;;/h8,10-18,20,27-28H,4-7,9,19,21-26,29H2,1-3H3,(H6-,44,45,46,47,48,49,50,54,55,56,57);2*1H. The van der Waals surface area contributed by atoms with Crippen LogP contribution in [0.4, 0.5) is 22.7 Å². The van der Waals surface area contributed by atoms with Crippen LogP contribution < -0.4 is 53.8 Å². The molecule has 64 heavy (non-hydrogen) atoms. The number of anilines is 4. The van der Waals surface area contributed by atoms with Crippen LogP contribution in [0.1, 0.15) is 71.0 Å². The topological polar surface area (TPSA) is 238 Å². The number of morpholine rings is 1. The van der Waals surface area contributed by atoms with Crippen molar-refractivity contribution in [3.63, 3.8) is 0 Å². The number of hydrogen-bond donors (Lipinski definition) is 6. The molecule has 1 aliphatic rings. The highest BCUT2D eigenvalue weighted by atomic mass is 35.5. The van der Waals surface area contributed by atoms with Gasteiger partial charge in [0.25, 0.3) is 27.7 Å². The smallest absolute Gasteiger partial charge is 0.327 e. The van der Waals surface area contributed by atoms with E-state index in [0.29, 0.717) is 66.5 Å². The summed E-state index contributed by atoms with van der Waals surface area (Å²) < 4.78 is 36.7. The van der Waals surface area contributed by atoms with Gasteiger partial charge >= 0.3 is 11.8 Å². The van der Waals surface area contributed by atoms with Gasteiger partial charge in [-0.25, -0.2) is 13.4 Å². The summed E-state index contributed by atoms with van der Waals surface area (Å²) in [5, 5.41) is 5.44. The maximum absolute atomic E-state index is 13.9. The fourth-order valence-electron chi connectivity index (χ4n) is 6.72. The molecule has 0 aliphatic carbocycles. The minimum absolute atomic E-state index is 0. The van der Waals surface area contributed by atoms with Gasteiger partial charge in [0.15, 0.2) is 12.4 Å². The molecule has 2 aromatic heterocycles. The Labute approximate surface area is 385 Å². The number of hydrogen-bond acceptors (Lipinski definition) is 11. The van der Waals surface area contributed by atoms with Crippen LogP contribution in [0.25, 0.3) is 0 Å². The number of halogens is 2. The van der Waals surface area contributed by atoms with Crippen LogP contribution in [0, 0.1) is 13.8 Å². The molecule has 0 spiro atoms. The highest BCUT2D eigenvalue weighted by molar-refractivity contribution is 7.92. The first-order valence-corrected chi connectivity index (χ1v) is 22.0. The Kier molecular flexibility index (Phi) is 20.9. The molecule has 18 nitrogen and oxygen atoms in total. The van der Waals surface area contributed by atoms with Crippen LogP contribution >= 0.6 is 12.4 Å². The summed E-state index contributed by atoms with van der Waals surface area (Å²) >= 11 is 0. The minimum Gasteiger partial charge on any atom is -1.00 e. The van der Waals surface area contributed by atoms with Crippen molar-refractivity contribution in [2.75, 3.05) is 66.3 Å². The molecule has 0 atom stereocenters. The lowest BCUT2D eigenvalue weighted by atomic mass is 10.1. The monoisotopic (exact) mass is 942 g/mol. The van der Waals surface area contributed by atoms with Gasteiger partial charge in [-0.15, -0.1) is 12.4 Å². The van der Waals surface area contributed by atoms with Gasteiger partial charge in [-0.2, -0.15) is 4.57 Å². The summed E-state index contributed by atoms with van der Waals surface area (Å²) in [5.41, 5.74) is 13.2. The number of nitrogens with two attached hydrogens (primary N) is 1. The Morgan fingerprint density at radius 3 is 2.30 bits per heavy atom. The second kappa shape index (κ2) is 25.4. The molecule has 2 aromatic carbocycles. The quantitative estimate of drug-likeness (QED) is 0.0308. The van der Waals surface area contributed by atoms with Gasteiger partial charge in [0.1, 0.15) is 11.3 Å². The van der Waals surface area contributed by atoms with E-state index in [1.165, 1.54) is 42.6 Å². The lowest BCUT2D eigenvalue weighted by Gasteiger charge is -2.26. The molecule has 0 unspecified atom stereocenters. The first-order chi connectivity index (χ1) is 29.7. The molecule has 5 amide bonds. The van der Waals surface area contributed by atoms with Crippen molar-refractivity contribution < 1.29 is 54.1 Å². The van der Waals surface area contributed by atoms with Gasteiger partial charge in [0.2, 0.25) is 6.54 Å². The molecular weight excluding hydrogens is 888 g/mol. The molecule has 1 saturated heterocycles. The Hall–Kier alpha value is -5.86. The number of ether oxygens (including phenoxy) is 1. The van der Waals surface area contributed by atoms with Gasteiger partial charge in [0, 0.05) is 43.6 Å². The zero-order valence-corrected chi connectivity index (χ0v) is 38.4. The fraction of sp³-hybridized carbons (Fsp3) is 0.372. The maximum Gasteiger partial charge on any atom is 0.327 e. The van der Waals surface area contributed by atoms with Crippen LogP contribution in [0.15, 0.2) is 84.1 Å². The molecule has 3 heterocycles. The summed E-state index contributed by atoms with van der Waals surface area (Å²) in [7, 11) is -4.14. The Bertz CT molecular complexity index is 2330.